The number of aliphatic hydroxyl groups is 1. The van der Waals surface area contributed by atoms with Crippen LogP contribution < -0.4 is 10.9 Å². The third-order valence-corrected chi connectivity index (χ3v) is 5.78. The summed E-state index contributed by atoms with van der Waals surface area (Å²) in [5.74, 6) is 0.918. The van der Waals surface area contributed by atoms with Crippen molar-refractivity contribution in [3.8, 4) is 0 Å². The lowest BCUT2D eigenvalue weighted by atomic mass is 9.83. The molecule has 3 N–H and O–H groups in total. The lowest BCUT2D eigenvalue weighted by Gasteiger charge is -2.41. The maximum absolute atomic E-state index is 12.8. The van der Waals surface area contributed by atoms with Crippen LogP contribution in [0.2, 0.25) is 0 Å². The van der Waals surface area contributed by atoms with Gasteiger partial charge in [-0.1, -0.05) is 18.6 Å². The molecule has 0 spiro atoms. The molecule has 1 aliphatic heterocycles. The van der Waals surface area contributed by atoms with Crippen LogP contribution in [0.1, 0.15) is 37.9 Å². The molecule has 0 bridgehead atoms. The van der Waals surface area contributed by atoms with E-state index >= 15 is 0 Å². The molecule has 1 atom stereocenters. The van der Waals surface area contributed by atoms with E-state index in [0.29, 0.717) is 29.1 Å². The van der Waals surface area contributed by atoms with Crippen molar-refractivity contribution in [2.24, 2.45) is 5.92 Å². The topological polar surface area (TPSA) is 98.3 Å². The van der Waals surface area contributed by atoms with Gasteiger partial charge in [-0.05, 0) is 43.7 Å². The van der Waals surface area contributed by atoms with Crippen LogP contribution >= 0.6 is 0 Å². The molecule has 1 saturated heterocycles. The van der Waals surface area contributed by atoms with E-state index in [2.05, 4.69) is 15.3 Å². The van der Waals surface area contributed by atoms with Crippen molar-refractivity contribution in [2.45, 2.75) is 44.2 Å². The Kier molecular flexibility index (Phi) is 4.97. The Balaban J connectivity index is 1.38. The Hall–Kier alpha value is -2.25. The second-order valence-electron chi connectivity index (χ2n) is 7.82. The lowest BCUT2D eigenvalue weighted by Crippen LogP contribution is -2.58. The number of fused-ring (bicyclic) bond motifs is 1. The maximum atomic E-state index is 12.8. The molecule has 2 fully saturated rings. The Morgan fingerprint density at radius 3 is 2.85 bits per heavy atom. The van der Waals surface area contributed by atoms with Gasteiger partial charge in [0.15, 0.2) is 5.60 Å². The van der Waals surface area contributed by atoms with Gasteiger partial charge in [0.05, 0.1) is 17.4 Å². The van der Waals surface area contributed by atoms with E-state index in [0.717, 1.165) is 19.5 Å². The Bertz CT molecular complexity index is 892. The Morgan fingerprint density at radius 2 is 2.07 bits per heavy atom. The molecule has 1 aromatic heterocycles. The number of hydrogen-bond acceptors (Lipinski definition) is 5. The highest BCUT2D eigenvalue weighted by Crippen LogP contribution is 2.30. The highest BCUT2D eigenvalue weighted by molar-refractivity contribution is 5.86. The van der Waals surface area contributed by atoms with Gasteiger partial charge in [-0.3, -0.25) is 9.59 Å². The zero-order valence-electron chi connectivity index (χ0n) is 15.4. The number of nitrogens with one attached hydrogen (secondary N) is 2. The highest BCUT2D eigenvalue weighted by atomic mass is 16.3. The molecular weight excluding hydrogens is 344 g/mol. The van der Waals surface area contributed by atoms with Crippen LogP contribution in [-0.2, 0) is 11.3 Å². The average molecular weight is 370 g/mol. The number of aromatic nitrogens is 2. The minimum atomic E-state index is -1.38. The quantitative estimate of drug-likeness (QED) is 0.709. The normalized spacial score (nSPS) is 23.6. The summed E-state index contributed by atoms with van der Waals surface area (Å²) in [6, 6.07) is 7.17. The zero-order valence-corrected chi connectivity index (χ0v) is 15.4. The molecule has 2 aliphatic rings. The van der Waals surface area contributed by atoms with Crippen molar-refractivity contribution in [1.82, 2.24) is 20.2 Å². The van der Waals surface area contributed by atoms with Gasteiger partial charge >= 0.3 is 0 Å². The molecule has 144 valence electrons. The molecule has 1 aromatic carbocycles. The molecule has 7 heteroatoms. The lowest BCUT2D eigenvalue weighted by molar-refractivity contribution is -0.157. The molecule has 2 aromatic rings. The first kappa shape index (κ1) is 18.1. The molecule has 2 heterocycles. The van der Waals surface area contributed by atoms with E-state index in [9.17, 15) is 14.7 Å². The smallest absolute Gasteiger partial charge is 0.258 e. The summed E-state index contributed by atoms with van der Waals surface area (Å²) in [5.41, 5.74) is -0.923. The molecular formula is C20H26N4O3. The predicted octanol–water partition coefficient (Wildman–Crippen LogP) is 1.17. The summed E-state index contributed by atoms with van der Waals surface area (Å²) in [4.78, 5) is 33.9. The Labute approximate surface area is 157 Å². The second kappa shape index (κ2) is 7.40. The number of hydrogen-bond donors (Lipinski definition) is 3. The molecule has 1 aliphatic carbocycles. The fourth-order valence-electron chi connectivity index (χ4n) is 4.00. The molecule has 7 nitrogen and oxygen atoms in total. The van der Waals surface area contributed by atoms with Gasteiger partial charge in [-0.25, -0.2) is 4.98 Å². The van der Waals surface area contributed by atoms with Crippen LogP contribution in [0.25, 0.3) is 10.9 Å². The summed E-state index contributed by atoms with van der Waals surface area (Å²) in [7, 11) is 0. The second-order valence-corrected chi connectivity index (χ2v) is 7.82. The first-order valence-corrected chi connectivity index (χ1v) is 9.75. The third-order valence-electron chi connectivity index (χ3n) is 5.78. The van der Waals surface area contributed by atoms with Crippen LogP contribution in [-0.4, -0.2) is 51.1 Å². The van der Waals surface area contributed by atoms with Crippen LogP contribution in [0, 0.1) is 5.92 Å². The Morgan fingerprint density at radius 1 is 1.26 bits per heavy atom. The van der Waals surface area contributed by atoms with Crippen molar-refractivity contribution >= 4 is 16.8 Å². The minimum Gasteiger partial charge on any atom is -0.379 e. The van der Waals surface area contributed by atoms with Gasteiger partial charge in [-0.2, -0.15) is 0 Å². The molecule has 4 rings (SSSR count). The number of para-hydroxylation sites is 1. The highest BCUT2D eigenvalue weighted by Gasteiger charge is 2.42. The zero-order chi connectivity index (χ0) is 18.9. The maximum Gasteiger partial charge on any atom is 0.258 e. The largest absolute Gasteiger partial charge is 0.379 e. The van der Waals surface area contributed by atoms with Gasteiger partial charge < -0.3 is 20.3 Å². The first-order chi connectivity index (χ1) is 13.0. The van der Waals surface area contributed by atoms with E-state index in [4.69, 9.17) is 0 Å². The summed E-state index contributed by atoms with van der Waals surface area (Å²) < 4.78 is 0. The van der Waals surface area contributed by atoms with Crippen LogP contribution in [0.15, 0.2) is 29.1 Å². The number of aromatic amines is 1. The summed E-state index contributed by atoms with van der Waals surface area (Å²) in [6.07, 6.45) is 4.88. The number of piperidine rings is 1. The number of nitrogens with zero attached hydrogens (tertiary/aromatic N) is 2. The number of carbonyl (C=O) groups is 1. The van der Waals surface area contributed by atoms with Gasteiger partial charge in [0.2, 0.25) is 0 Å². The number of benzene rings is 1. The van der Waals surface area contributed by atoms with Crippen molar-refractivity contribution in [3.05, 3.63) is 40.4 Å². The predicted molar refractivity (Wildman–Crippen MR) is 102 cm³/mol. The van der Waals surface area contributed by atoms with Crippen LogP contribution in [0.4, 0.5) is 0 Å². The summed E-state index contributed by atoms with van der Waals surface area (Å²) >= 11 is 0. The number of likely N-dealkylation sites (tertiary alicyclic amines) is 1. The summed E-state index contributed by atoms with van der Waals surface area (Å²) in [5, 5.41) is 14.5. The number of carbonyl (C=O) groups excluding carboxylic acids is 1. The van der Waals surface area contributed by atoms with Crippen molar-refractivity contribution in [1.29, 1.82) is 0 Å². The van der Waals surface area contributed by atoms with E-state index in [-0.39, 0.29) is 24.6 Å². The molecule has 1 saturated carbocycles. The van der Waals surface area contributed by atoms with E-state index < -0.39 is 5.60 Å². The molecule has 27 heavy (non-hydrogen) atoms. The molecule has 0 radical (unpaired) electrons. The van der Waals surface area contributed by atoms with Crippen molar-refractivity contribution in [2.75, 3.05) is 19.6 Å². The monoisotopic (exact) mass is 370 g/mol. The molecule has 1 amide bonds. The van der Waals surface area contributed by atoms with Crippen molar-refractivity contribution in [3.63, 3.8) is 0 Å². The van der Waals surface area contributed by atoms with Gasteiger partial charge in [0, 0.05) is 19.6 Å². The van der Waals surface area contributed by atoms with E-state index in [1.165, 1.54) is 19.3 Å². The minimum absolute atomic E-state index is 0.156. The van der Waals surface area contributed by atoms with Gasteiger partial charge in [0.25, 0.3) is 11.5 Å². The SMILES string of the molecule is O=C1N(CC2CCC2)CCCC1(O)CNCc1nc2ccccc2c(=O)[nH]1. The third kappa shape index (κ3) is 3.75. The van der Waals surface area contributed by atoms with Crippen molar-refractivity contribution < 1.29 is 9.90 Å². The van der Waals surface area contributed by atoms with E-state index in [1.54, 1.807) is 18.2 Å². The van der Waals surface area contributed by atoms with Crippen LogP contribution in [0.5, 0.6) is 0 Å². The number of amides is 1. The van der Waals surface area contributed by atoms with Gasteiger partial charge in [0.1, 0.15) is 5.82 Å². The molecule has 1 unspecified atom stereocenters. The van der Waals surface area contributed by atoms with E-state index in [1.807, 2.05) is 11.0 Å². The fraction of sp³-hybridized carbons (Fsp3) is 0.550. The summed E-state index contributed by atoms with van der Waals surface area (Å²) in [6.45, 7) is 1.94. The first-order valence-electron chi connectivity index (χ1n) is 9.75. The average Bonchev–Trinajstić information content (AvgIpc) is 2.62. The van der Waals surface area contributed by atoms with Gasteiger partial charge in [-0.15, -0.1) is 0 Å². The van der Waals surface area contributed by atoms with Crippen LogP contribution in [0.3, 0.4) is 0 Å². The standard InChI is InChI=1S/C20H26N4O3/c25-18-15-7-1-2-8-16(15)22-17(23-18)11-21-13-20(27)9-4-10-24(19(20)26)12-14-5-3-6-14/h1-2,7-8,14,21,27H,3-6,9-13H2,(H,22,23,25). The fourth-order valence-corrected chi connectivity index (χ4v) is 4.00. The number of H-pyrrole nitrogens is 1. The number of rotatable bonds is 6.